The van der Waals surface area contributed by atoms with Crippen molar-refractivity contribution in [3.63, 3.8) is 0 Å². The number of rotatable bonds is 4. The molecule has 0 heterocycles. The van der Waals surface area contributed by atoms with E-state index in [-0.39, 0.29) is 0 Å². The first-order valence-corrected chi connectivity index (χ1v) is 6.04. The minimum atomic E-state index is -6.46. The Bertz CT molecular complexity index is 271. The third kappa shape index (κ3) is 2.58. The predicted octanol–water partition coefficient (Wildman–Crippen LogP) is 3.73. The molecule has 0 radical (unpaired) electrons. The van der Waals surface area contributed by atoms with E-state index in [0.29, 0.717) is 0 Å². The molecule has 17 heavy (non-hydrogen) atoms. The summed E-state index contributed by atoms with van der Waals surface area (Å²) < 4.78 is 87.4. The summed E-state index contributed by atoms with van der Waals surface area (Å²) >= 11 is 4.70. The Morgan fingerprint density at radius 3 is 1.53 bits per heavy atom. The van der Waals surface area contributed by atoms with Crippen LogP contribution in [-0.2, 0) is 0 Å². The lowest BCUT2D eigenvalue weighted by Crippen LogP contribution is -2.67. The highest BCUT2D eigenvalue weighted by molar-refractivity contribution is 9.10. The molecule has 0 aromatic heterocycles. The molecule has 0 rings (SSSR count). The van der Waals surface area contributed by atoms with E-state index in [0.717, 1.165) is 6.92 Å². The number of hydrogen-bond donors (Lipinski definition) is 1. The Hall–Kier alpha value is 0.430. The van der Waals surface area contributed by atoms with Gasteiger partial charge in [-0.25, -0.2) is 0 Å². The zero-order chi connectivity index (χ0) is 14.3. The van der Waals surface area contributed by atoms with Gasteiger partial charge in [-0.15, -0.1) is 0 Å². The first-order chi connectivity index (χ1) is 7.25. The van der Waals surface area contributed by atoms with E-state index < -0.39 is 33.8 Å². The molecule has 0 amide bonds. The van der Waals surface area contributed by atoms with E-state index in [1.807, 2.05) is 0 Å². The van der Waals surface area contributed by atoms with E-state index in [1.54, 1.807) is 0 Å². The average molecular weight is 400 g/mol. The van der Waals surface area contributed by atoms with Crippen molar-refractivity contribution in [2.24, 2.45) is 0 Å². The minimum Gasteiger partial charge on any atom is -0.381 e. The maximum absolute atomic E-state index is 13.2. The fourth-order valence-electron chi connectivity index (χ4n) is 0.890. The minimum absolute atomic E-state index is 0.835. The molecule has 1 N–H and O–H groups in total. The molecule has 0 aliphatic carbocycles. The van der Waals surface area contributed by atoms with Crippen molar-refractivity contribution in [2.45, 2.75) is 35.4 Å². The van der Waals surface area contributed by atoms with Crippen molar-refractivity contribution in [1.82, 2.24) is 0 Å². The molecule has 0 saturated heterocycles. The molecule has 0 saturated carbocycles. The van der Waals surface area contributed by atoms with Gasteiger partial charge in [0.05, 0.1) is 0 Å². The van der Waals surface area contributed by atoms with Gasteiger partial charge in [0, 0.05) is 10.2 Å². The second kappa shape index (κ2) is 4.84. The summed E-state index contributed by atoms with van der Waals surface area (Å²) in [5.74, 6) is -12.0. The highest BCUT2D eigenvalue weighted by Crippen LogP contribution is 2.53. The van der Waals surface area contributed by atoms with Gasteiger partial charge in [-0.1, -0.05) is 31.9 Å². The van der Waals surface area contributed by atoms with Crippen LogP contribution in [0.4, 0.5) is 30.7 Å². The van der Waals surface area contributed by atoms with Crippen LogP contribution in [0.5, 0.6) is 0 Å². The third-order valence-corrected chi connectivity index (χ3v) is 3.77. The first-order valence-electron chi connectivity index (χ1n) is 4.00. The van der Waals surface area contributed by atoms with Crippen LogP contribution in [0.1, 0.15) is 6.92 Å². The van der Waals surface area contributed by atoms with Gasteiger partial charge >= 0.3 is 18.0 Å². The predicted molar refractivity (Wildman–Crippen MR) is 53.1 cm³/mol. The maximum Gasteiger partial charge on any atom is 0.459 e. The fourth-order valence-corrected chi connectivity index (χ4v) is 2.61. The van der Waals surface area contributed by atoms with Crippen LogP contribution < -0.4 is 0 Å². The normalized spacial score (nSPS) is 19.9. The van der Waals surface area contributed by atoms with E-state index in [9.17, 15) is 35.8 Å². The smallest absolute Gasteiger partial charge is 0.381 e. The Morgan fingerprint density at radius 2 is 1.35 bits per heavy atom. The molecule has 1 nitrogen and oxygen atoms in total. The SMILES string of the molecule is CC(Br)C(O)(CBr)C(F)(F)C(F)(F)C(F)(F)F. The van der Waals surface area contributed by atoms with Crippen molar-refractivity contribution < 1.29 is 35.8 Å². The van der Waals surface area contributed by atoms with Gasteiger partial charge in [0.2, 0.25) is 0 Å². The number of aliphatic hydroxyl groups is 1. The topological polar surface area (TPSA) is 20.2 Å². The summed E-state index contributed by atoms with van der Waals surface area (Å²) in [4.78, 5) is -1.70. The molecule has 10 heteroatoms. The molecular formula is C7H7Br2F7O. The van der Waals surface area contributed by atoms with Crippen LogP contribution in [0.15, 0.2) is 0 Å². The molecular weight excluding hydrogens is 393 g/mol. The maximum atomic E-state index is 13.2. The third-order valence-electron chi connectivity index (χ3n) is 2.16. The van der Waals surface area contributed by atoms with Crippen molar-refractivity contribution in [1.29, 1.82) is 0 Å². The molecule has 104 valence electrons. The molecule has 0 aromatic rings. The lowest BCUT2D eigenvalue weighted by molar-refractivity contribution is -0.384. The quantitative estimate of drug-likeness (QED) is 0.564. The highest BCUT2D eigenvalue weighted by Gasteiger charge is 2.79. The van der Waals surface area contributed by atoms with E-state index >= 15 is 0 Å². The molecule has 0 aliphatic heterocycles. The molecule has 0 aromatic carbocycles. The Morgan fingerprint density at radius 1 is 1.00 bits per heavy atom. The standard InChI is InChI=1S/C7H7Br2F7O/c1-3(9)4(17,2-8)5(10,11)6(12,13)7(14,15)16/h3,17H,2H2,1H3. The summed E-state index contributed by atoms with van der Waals surface area (Å²) in [6.45, 7) is 0.835. The van der Waals surface area contributed by atoms with E-state index in [1.165, 1.54) is 0 Å². The van der Waals surface area contributed by atoms with Crippen LogP contribution in [0.2, 0.25) is 0 Å². The Labute approximate surface area is 109 Å². The summed E-state index contributed by atoms with van der Waals surface area (Å²) in [5, 5.41) is 8.14. The molecule has 0 bridgehead atoms. The van der Waals surface area contributed by atoms with Crippen LogP contribution in [0, 0.1) is 0 Å². The molecule has 2 atom stereocenters. The summed E-state index contributed by atoms with van der Waals surface area (Å²) in [7, 11) is 0. The lowest BCUT2D eigenvalue weighted by Gasteiger charge is -2.41. The highest BCUT2D eigenvalue weighted by atomic mass is 79.9. The average Bonchev–Trinajstić information content (AvgIpc) is 2.13. The van der Waals surface area contributed by atoms with Crippen LogP contribution >= 0.6 is 31.9 Å². The summed E-state index contributed by atoms with van der Waals surface area (Å²) in [6.07, 6.45) is -6.46. The number of halogens is 9. The van der Waals surface area contributed by atoms with Crippen molar-refractivity contribution in [2.75, 3.05) is 5.33 Å². The Kier molecular flexibility index (Phi) is 4.96. The summed E-state index contributed by atoms with van der Waals surface area (Å²) in [6, 6.07) is 0. The second-order valence-corrected chi connectivity index (χ2v) is 5.25. The first kappa shape index (κ1) is 17.4. The number of hydrogen-bond acceptors (Lipinski definition) is 1. The van der Waals surface area contributed by atoms with Crippen molar-refractivity contribution in [3.8, 4) is 0 Å². The van der Waals surface area contributed by atoms with E-state index in [4.69, 9.17) is 0 Å². The molecule has 0 aliphatic rings. The van der Waals surface area contributed by atoms with Crippen LogP contribution in [-0.4, -0.2) is 38.9 Å². The van der Waals surface area contributed by atoms with Crippen molar-refractivity contribution in [3.05, 3.63) is 0 Å². The van der Waals surface area contributed by atoms with Crippen molar-refractivity contribution >= 4 is 31.9 Å². The zero-order valence-corrected chi connectivity index (χ0v) is 11.3. The van der Waals surface area contributed by atoms with Gasteiger partial charge in [0.25, 0.3) is 0 Å². The molecule has 0 spiro atoms. The zero-order valence-electron chi connectivity index (χ0n) is 8.13. The van der Waals surface area contributed by atoms with Gasteiger partial charge < -0.3 is 5.11 Å². The molecule has 2 unspecified atom stereocenters. The number of alkyl halides is 9. The van der Waals surface area contributed by atoms with E-state index in [2.05, 4.69) is 31.9 Å². The van der Waals surface area contributed by atoms with Crippen LogP contribution in [0.3, 0.4) is 0 Å². The second-order valence-electron chi connectivity index (χ2n) is 3.32. The van der Waals surface area contributed by atoms with Gasteiger partial charge in [-0.3, -0.25) is 0 Å². The van der Waals surface area contributed by atoms with Gasteiger partial charge in [0.1, 0.15) is 0 Å². The van der Waals surface area contributed by atoms with Crippen LogP contribution in [0.25, 0.3) is 0 Å². The fraction of sp³-hybridized carbons (Fsp3) is 1.00. The Balaban J connectivity index is 5.69. The molecule has 0 fully saturated rings. The van der Waals surface area contributed by atoms with Gasteiger partial charge in [-0.2, -0.15) is 30.7 Å². The monoisotopic (exact) mass is 398 g/mol. The van der Waals surface area contributed by atoms with Gasteiger partial charge in [0.15, 0.2) is 5.60 Å². The largest absolute Gasteiger partial charge is 0.459 e. The summed E-state index contributed by atoms with van der Waals surface area (Å²) in [5.41, 5.74) is -3.59. The van der Waals surface area contributed by atoms with Gasteiger partial charge in [-0.05, 0) is 6.92 Å². The lowest BCUT2D eigenvalue weighted by atomic mass is 9.89.